The Morgan fingerprint density at radius 3 is 2.32 bits per heavy atom. The molecule has 0 atom stereocenters. The highest BCUT2D eigenvalue weighted by molar-refractivity contribution is 7.89. The number of nitrogens with zero attached hydrogens (tertiary/aromatic N) is 1. The van der Waals surface area contributed by atoms with Gasteiger partial charge in [0, 0.05) is 29.1 Å². The van der Waals surface area contributed by atoms with E-state index in [1.165, 1.54) is 25.3 Å². The van der Waals surface area contributed by atoms with Crippen LogP contribution in [0.5, 0.6) is 11.5 Å². The number of hydrogen-bond donors (Lipinski definition) is 2. The van der Waals surface area contributed by atoms with Gasteiger partial charge in [0.1, 0.15) is 0 Å². The van der Waals surface area contributed by atoms with Crippen LogP contribution in [0.25, 0.3) is 5.69 Å². The number of Topliss-reactive ketones (excluding diaryl/α,β-unsaturated/α-hetero) is 1. The first-order valence-electron chi connectivity index (χ1n) is 10.4. The summed E-state index contributed by atoms with van der Waals surface area (Å²) in [6.07, 6.45) is 0.391. The van der Waals surface area contributed by atoms with E-state index in [0.29, 0.717) is 29.1 Å². The number of nitrogens with two attached hydrogens (primary N) is 1. The van der Waals surface area contributed by atoms with Crippen LogP contribution in [-0.2, 0) is 26.0 Å². The number of phenolic OH excluding ortho intramolecular Hbond substituents is 1. The third kappa shape index (κ3) is 5.64. The number of benzene rings is 2. The van der Waals surface area contributed by atoms with E-state index in [9.17, 15) is 23.1 Å². The standard InChI is InChI=1S/C24H26N2O7S/c1-15-12-20(16(2)26(15)18-6-8-19(9-7-18)34(25,30)31)22(28)14-33-24(29)11-5-17-4-10-23(32-3)21(27)13-17/h4,6-10,12-13,27H,5,11,14H2,1-3H3,(H2,25,30,31). The number of aryl methyl sites for hydroxylation is 2. The molecule has 0 bridgehead atoms. The highest BCUT2D eigenvalue weighted by Crippen LogP contribution is 2.27. The van der Waals surface area contributed by atoms with E-state index in [2.05, 4.69) is 0 Å². The Labute approximate surface area is 197 Å². The van der Waals surface area contributed by atoms with Crippen molar-refractivity contribution >= 4 is 21.8 Å². The molecule has 34 heavy (non-hydrogen) atoms. The van der Waals surface area contributed by atoms with Crippen LogP contribution >= 0.6 is 0 Å². The highest BCUT2D eigenvalue weighted by Gasteiger charge is 2.19. The van der Waals surface area contributed by atoms with Gasteiger partial charge in [0.15, 0.2) is 18.1 Å². The van der Waals surface area contributed by atoms with Crippen molar-refractivity contribution in [3.8, 4) is 17.2 Å². The quantitative estimate of drug-likeness (QED) is 0.350. The van der Waals surface area contributed by atoms with Gasteiger partial charge in [-0.15, -0.1) is 0 Å². The summed E-state index contributed by atoms with van der Waals surface area (Å²) in [6, 6.07) is 12.6. The van der Waals surface area contributed by atoms with E-state index in [1.54, 1.807) is 41.8 Å². The Morgan fingerprint density at radius 1 is 1.06 bits per heavy atom. The molecule has 10 heteroatoms. The summed E-state index contributed by atoms with van der Waals surface area (Å²) in [5, 5.41) is 15.0. The fourth-order valence-corrected chi connectivity index (χ4v) is 4.18. The van der Waals surface area contributed by atoms with E-state index >= 15 is 0 Å². The van der Waals surface area contributed by atoms with Gasteiger partial charge in [-0.25, -0.2) is 13.6 Å². The number of carbonyl (C=O) groups excluding carboxylic acids is 2. The minimum absolute atomic E-state index is 0.00761. The Hall–Kier alpha value is -3.63. The number of sulfonamides is 1. The highest BCUT2D eigenvalue weighted by atomic mass is 32.2. The third-order valence-corrected chi connectivity index (χ3v) is 6.31. The monoisotopic (exact) mass is 486 g/mol. The summed E-state index contributed by atoms with van der Waals surface area (Å²) in [7, 11) is -2.35. The van der Waals surface area contributed by atoms with Gasteiger partial charge in [-0.3, -0.25) is 9.59 Å². The number of aromatic nitrogens is 1. The average Bonchev–Trinajstić information content (AvgIpc) is 3.09. The molecule has 0 spiro atoms. The van der Waals surface area contributed by atoms with Crippen LogP contribution in [0.1, 0.15) is 33.7 Å². The Balaban J connectivity index is 1.63. The van der Waals surface area contributed by atoms with E-state index in [-0.39, 0.29) is 22.8 Å². The predicted octanol–water partition coefficient (Wildman–Crippen LogP) is 2.81. The molecule has 9 nitrogen and oxygen atoms in total. The normalized spacial score (nSPS) is 11.3. The predicted molar refractivity (Wildman–Crippen MR) is 125 cm³/mol. The molecule has 0 fully saturated rings. The average molecular weight is 487 g/mol. The molecular weight excluding hydrogens is 460 g/mol. The first kappa shape index (κ1) is 25.0. The molecule has 0 radical (unpaired) electrons. The van der Waals surface area contributed by atoms with Crippen LogP contribution in [-0.4, -0.2) is 43.6 Å². The minimum Gasteiger partial charge on any atom is -0.504 e. The zero-order valence-corrected chi connectivity index (χ0v) is 19.9. The Kier molecular flexibility index (Phi) is 7.43. The van der Waals surface area contributed by atoms with Crippen LogP contribution in [0.4, 0.5) is 0 Å². The number of carbonyl (C=O) groups is 2. The molecule has 0 aliphatic carbocycles. The molecule has 3 N–H and O–H groups in total. The lowest BCUT2D eigenvalue weighted by molar-refractivity contribution is -0.142. The van der Waals surface area contributed by atoms with Crippen molar-refractivity contribution in [2.75, 3.05) is 13.7 Å². The Bertz CT molecular complexity index is 1330. The molecule has 0 aliphatic heterocycles. The number of hydrogen-bond acceptors (Lipinski definition) is 7. The van der Waals surface area contributed by atoms with Crippen LogP contribution in [0.15, 0.2) is 53.4 Å². The lowest BCUT2D eigenvalue weighted by atomic mass is 10.1. The third-order valence-electron chi connectivity index (χ3n) is 5.38. The van der Waals surface area contributed by atoms with E-state index in [1.807, 2.05) is 6.92 Å². The van der Waals surface area contributed by atoms with Crippen molar-refractivity contribution < 1.29 is 32.6 Å². The van der Waals surface area contributed by atoms with Gasteiger partial charge in [-0.1, -0.05) is 6.07 Å². The molecule has 0 saturated heterocycles. The topological polar surface area (TPSA) is 138 Å². The number of phenols is 1. The number of esters is 1. The van der Waals surface area contributed by atoms with Crippen LogP contribution in [0.3, 0.4) is 0 Å². The SMILES string of the molecule is COc1ccc(CCC(=O)OCC(=O)c2cc(C)n(-c3ccc(S(N)(=O)=O)cc3)c2C)cc1O. The molecule has 0 unspecified atom stereocenters. The smallest absolute Gasteiger partial charge is 0.306 e. The molecule has 0 saturated carbocycles. The summed E-state index contributed by atoms with van der Waals surface area (Å²) in [6.45, 7) is 3.17. The van der Waals surface area contributed by atoms with Crippen molar-refractivity contribution in [1.82, 2.24) is 4.57 Å². The van der Waals surface area contributed by atoms with Gasteiger partial charge in [-0.2, -0.15) is 0 Å². The Morgan fingerprint density at radius 2 is 1.74 bits per heavy atom. The van der Waals surface area contributed by atoms with E-state index < -0.39 is 22.6 Å². The van der Waals surface area contributed by atoms with Crippen LogP contribution in [0, 0.1) is 13.8 Å². The summed E-state index contributed by atoms with van der Waals surface area (Å²) in [5.74, 6) is -0.555. The minimum atomic E-state index is -3.80. The number of primary sulfonamides is 1. The zero-order chi connectivity index (χ0) is 25.0. The molecular formula is C24H26N2O7S. The first-order valence-corrected chi connectivity index (χ1v) is 11.9. The summed E-state index contributed by atoms with van der Waals surface area (Å²) in [5.41, 5.74) is 3.20. The van der Waals surface area contributed by atoms with Gasteiger partial charge in [0.25, 0.3) is 0 Å². The molecule has 0 amide bonds. The maximum atomic E-state index is 12.7. The van der Waals surface area contributed by atoms with E-state index in [0.717, 1.165) is 11.3 Å². The molecule has 3 aromatic rings. The lowest BCUT2D eigenvalue weighted by Crippen LogP contribution is -2.15. The van der Waals surface area contributed by atoms with Gasteiger partial charge >= 0.3 is 5.97 Å². The van der Waals surface area contributed by atoms with Crippen LogP contribution in [0.2, 0.25) is 0 Å². The molecule has 0 aliphatic rings. The van der Waals surface area contributed by atoms with Gasteiger partial charge in [0.05, 0.1) is 12.0 Å². The lowest BCUT2D eigenvalue weighted by Gasteiger charge is -2.11. The molecule has 3 rings (SSSR count). The van der Waals surface area contributed by atoms with Crippen molar-refractivity contribution in [3.63, 3.8) is 0 Å². The maximum absolute atomic E-state index is 12.7. The summed E-state index contributed by atoms with van der Waals surface area (Å²) < 4.78 is 34.9. The van der Waals surface area contributed by atoms with Gasteiger partial charge < -0.3 is 19.1 Å². The fraction of sp³-hybridized carbons (Fsp3) is 0.250. The molecule has 2 aromatic carbocycles. The van der Waals surface area contributed by atoms with Gasteiger partial charge in [-0.05, 0) is 68.3 Å². The summed E-state index contributed by atoms with van der Waals surface area (Å²) in [4.78, 5) is 24.8. The second kappa shape index (κ2) is 10.1. The maximum Gasteiger partial charge on any atom is 0.306 e. The van der Waals surface area contributed by atoms with Crippen molar-refractivity contribution in [1.29, 1.82) is 0 Å². The fourth-order valence-electron chi connectivity index (χ4n) is 3.66. The zero-order valence-electron chi connectivity index (χ0n) is 19.1. The second-order valence-corrected chi connectivity index (χ2v) is 9.31. The number of ketones is 1. The molecule has 1 aromatic heterocycles. The van der Waals surface area contributed by atoms with Crippen molar-refractivity contribution in [2.24, 2.45) is 5.14 Å². The van der Waals surface area contributed by atoms with Gasteiger partial charge in [0.2, 0.25) is 15.8 Å². The molecule has 180 valence electrons. The molecule has 1 heterocycles. The van der Waals surface area contributed by atoms with Crippen molar-refractivity contribution in [3.05, 3.63) is 71.0 Å². The number of methoxy groups -OCH3 is 1. The largest absolute Gasteiger partial charge is 0.504 e. The first-order chi connectivity index (χ1) is 16.0. The number of aromatic hydroxyl groups is 1. The summed E-state index contributed by atoms with van der Waals surface area (Å²) >= 11 is 0. The van der Waals surface area contributed by atoms with E-state index in [4.69, 9.17) is 14.6 Å². The van der Waals surface area contributed by atoms with Crippen molar-refractivity contribution in [2.45, 2.75) is 31.6 Å². The number of rotatable bonds is 9. The number of ether oxygens (including phenoxy) is 2. The second-order valence-electron chi connectivity index (χ2n) is 7.75. The van der Waals surface area contributed by atoms with Crippen LogP contribution < -0.4 is 9.88 Å².